The summed E-state index contributed by atoms with van der Waals surface area (Å²) in [5, 5.41) is 8.81. The lowest BCUT2D eigenvalue weighted by Crippen LogP contribution is -2.34. The Morgan fingerprint density at radius 2 is 2.07 bits per heavy atom. The lowest BCUT2D eigenvalue weighted by molar-refractivity contribution is -0.0910. The van der Waals surface area contributed by atoms with Crippen LogP contribution < -0.4 is 11.2 Å². The SMILES string of the molecule is O=C(OCOC1CC1)OC[C@H]1O[C@@H](n2ccc(NO)nc2=O)[C@@H]2OC(=O)O[C@@H]21. The number of ether oxygens (including phenoxy) is 6. The van der Waals surface area contributed by atoms with E-state index in [0.29, 0.717) is 0 Å². The molecule has 3 heterocycles. The molecule has 2 N–H and O–H groups in total. The smallest absolute Gasteiger partial charge is 0.431 e. The Balaban J connectivity index is 1.39. The van der Waals surface area contributed by atoms with Crippen LogP contribution in [-0.4, -0.2) is 64.9 Å². The second-order valence-electron chi connectivity index (χ2n) is 6.28. The molecule has 3 fully saturated rings. The maximum Gasteiger partial charge on any atom is 0.510 e. The highest BCUT2D eigenvalue weighted by Gasteiger charge is 2.55. The van der Waals surface area contributed by atoms with Gasteiger partial charge >= 0.3 is 18.0 Å². The number of carbonyl (C=O) groups excluding carboxylic acids is 2. The molecule has 0 radical (unpaired) electrons. The van der Waals surface area contributed by atoms with Crippen molar-refractivity contribution >= 4 is 18.1 Å². The molecular formula is C15H17N3O10. The van der Waals surface area contributed by atoms with Gasteiger partial charge in [-0.1, -0.05) is 0 Å². The van der Waals surface area contributed by atoms with E-state index in [-0.39, 0.29) is 25.3 Å². The van der Waals surface area contributed by atoms with Crippen LogP contribution in [0.25, 0.3) is 0 Å². The molecule has 1 aromatic heterocycles. The van der Waals surface area contributed by atoms with E-state index in [1.54, 1.807) is 5.48 Å². The van der Waals surface area contributed by atoms with E-state index in [1.807, 2.05) is 0 Å². The number of fused-ring (bicyclic) bond motifs is 1. The normalized spacial score (nSPS) is 28.2. The fourth-order valence-corrected chi connectivity index (χ4v) is 2.86. The second kappa shape index (κ2) is 7.61. The molecule has 4 rings (SSSR count). The quantitative estimate of drug-likeness (QED) is 0.363. The van der Waals surface area contributed by atoms with Crippen LogP contribution in [0.4, 0.5) is 15.4 Å². The van der Waals surface area contributed by atoms with E-state index in [1.165, 1.54) is 12.3 Å². The van der Waals surface area contributed by atoms with E-state index in [4.69, 9.17) is 33.6 Å². The van der Waals surface area contributed by atoms with Crippen molar-refractivity contribution in [3.63, 3.8) is 0 Å². The van der Waals surface area contributed by atoms with Gasteiger partial charge in [0.25, 0.3) is 0 Å². The molecular weight excluding hydrogens is 382 g/mol. The minimum atomic E-state index is -1.05. The largest absolute Gasteiger partial charge is 0.510 e. The zero-order valence-corrected chi connectivity index (χ0v) is 14.4. The number of carbonyl (C=O) groups is 2. The van der Waals surface area contributed by atoms with E-state index in [0.717, 1.165) is 17.4 Å². The number of hydrogen-bond acceptors (Lipinski definition) is 12. The molecule has 28 heavy (non-hydrogen) atoms. The molecule has 0 amide bonds. The van der Waals surface area contributed by atoms with Gasteiger partial charge in [0.1, 0.15) is 12.7 Å². The van der Waals surface area contributed by atoms with Crippen LogP contribution in [0.15, 0.2) is 17.1 Å². The molecule has 0 spiro atoms. The first kappa shape index (κ1) is 18.5. The molecule has 13 nitrogen and oxygen atoms in total. The number of nitrogens with zero attached hydrogens (tertiary/aromatic N) is 2. The Morgan fingerprint density at radius 3 is 2.79 bits per heavy atom. The second-order valence-corrected chi connectivity index (χ2v) is 6.28. The summed E-state index contributed by atoms with van der Waals surface area (Å²) in [6.07, 6.45) is -2.36. The van der Waals surface area contributed by atoms with Crippen molar-refractivity contribution in [2.24, 2.45) is 0 Å². The van der Waals surface area contributed by atoms with Crippen molar-refractivity contribution < 1.29 is 43.2 Å². The Hall–Kier alpha value is -2.90. The predicted octanol–water partition coefficient (Wildman–Crippen LogP) is 0.136. The monoisotopic (exact) mass is 399 g/mol. The van der Waals surface area contributed by atoms with E-state index in [2.05, 4.69) is 4.98 Å². The van der Waals surface area contributed by atoms with Gasteiger partial charge < -0.3 is 28.4 Å². The first-order valence-corrected chi connectivity index (χ1v) is 8.48. The molecule has 2 aliphatic heterocycles. The average Bonchev–Trinajstić information content (AvgIpc) is 3.33. The first-order valence-electron chi connectivity index (χ1n) is 8.48. The van der Waals surface area contributed by atoms with Gasteiger partial charge in [-0.05, 0) is 18.9 Å². The van der Waals surface area contributed by atoms with Gasteiger partial charge in [0.2, 0.25) is 0 Å². The molecule has 152 valence electrons. The fraction of sp³-hybridized carbons (Fsp3) is 0.600. The minimum Gasteiger partial charge on any atom is -0.431 e. The zero-order chi connectivity index (χ0) is 19.7. The predicted molar refractivity (Wildman–Crippen MR) is 84.4 cm³/mol. The Kier molecular flexibility index (Phi) is 5.02. The molecule has 13 heteroatoms. The number of rotatable bonds is 7. The van der Waals surface area contributed by atoms with Crippen molar-refractivity contribution in [2.45, 2.75) is 43.5 Å². The van der Waals surface area contributed by atoms with E-state index < -0.39 is 42.5 Å². The fourth-order valence-electron chi connectivity index (χ4n) is 2.86. The highest BCUT2D eigenvalue weighted by atomic mass is 16.8. The van der Waals surface area contributed by atoms with Crippen molar-refractivity contribution in [3.05, 3.63) is 22.7 Å². The van der Waals surface area contributed by atoms with Crippen LogP contribution in [0.5, 0.6) is 0 Å². The zero-order valence-electron chi connectivity index (χ0n) is 14.4. The van der Waals surface area contributed by atoms with Gasteiger partial charge in [0.15, 0.2) is 31.0 Å². The van der Waals surface area contributed by atoms with Gasteiger partial charge in [-0.3, -0.25) is 15.3 Å². The third-order valence-corrected chi connectivity index (χ3v) is 4.34. The summed E-state index contributed by atoms with van der Waals surface area (Å²) in [5.41, 5.74) is 0.991. The van der Waals surface area contributed by atoms with E-state index in [9.17, 15) is 14.4 Å². The number of nitrogens with one attached hydrogen (secondary N) is 1. The Morgan fingerprint density at radius 1 is 1.29 bits per heavy atom. The number of anilines is 1. The Labute approximate surface area is 157 Å². The van der Waals surface area contributed by atoms with Gasteiger partial charge in [-0.15, -0.1) is 0 Å². The first-order chi connectivity index (χ1) is 13.5. The number of aromatic nitrogens is 2. The van der Waals surface area contributed by atoms with Gasteiger partial charge in [0, 0.05) is 6.20 Å². The molecule has 0 aromatic carbocycles. The molecule has 0 unspecified atom stereocenters. The van der Waals surface area contributed by atoms with Crippen LogP contribution in [0.2, 0.25) is 0 Å². The minimum absolute atomic E-state index is 0.0634. The van der Waals surface area contributed by atoms with Crippen LogP contribution in [0.3, 0.4) is 0 Å². The topological polar surface area (TPSA) is 157 Å². The van der Waals surface area contributed by atoms with Crippen molar-refractivity contribution in [2.75, 3.05) is 18.9 Å². The summed E-state index contributed by atoms with van der Waals surface area (Å²) in [5.74, 6) is -0.0634. The molecule has 1 saturated carbocycles. The van der Waals surface area contributed by atoms with Crippen LogP contribution in [0.1, 0.15) is 19.1 Å². The molecule has 1 aromatic rings. The maximum absolute atomic E-state index is 12.1. The van der Waals surface area contributed by atoms with Crippen LogP contribution in [-0.2, 0) is 28.4 Å². The molecule has 1 aliphatic carbocycles. The van der Waals surface area contributed by atoms with E-state index >= 15 is 0 Å². The summed E-state index contributed by atoms with van der Waals surface area (Å²) in [6.45, 7) is -0.511. The van der Waals surface area contributed by atoms with Crippen LogP contribution in [0, 0.1) is 0 Å². The van der Waals surface area contributed by atoms with Crippen molar-refractivity contribution in [1.29, 1.82) is 0 Å². The summed E-state index contributed by atoms with van der Waals surface area (Å²) >= 11 is 0. The maximum atomic E-state index is 12.1. The number of hydrogen-bond donors (Lipinski definition) is 2. The lowest BCUT2D eigenvalue weighted by Gasteiger charge is -2.18. The molecule has 3 aliphatic rings. The lowest BCUT2D eigenvalue weighted by atomic mass is 10.1. The third-order valence-electron chi connectivity index (χ3n) is 4.34. The van der Waals surface area contributed by atoms with Gasteiger partial charge in [-0.2, -0.15) is 4.98 Å². The Bertz CT molecular complexity index is 810. The van der Waals surface area contributed by atoms with Gasteiger partial charge in [-0.25, -0.2) is 14.4 Å². The molecule has 4 atom stereocenters. The average molecular weight is 399 g/mol. The standard InChI is InChI=1S/C15H17N3O10/c19-13-16-9(17-22)3-4-18(13)12-11-10(27-15(21)28-11)8(26-12)5-23-14(20)25-6-24-7-1-2-7/h3-4,7-8,10-12,22H,1-2,5-6H2,(H,16,17,19)/t8-,10-,11-,12-/m1/s1. The summed E-state index contributed by atoms with van der Waals surface area (Å²) in [6, 6.07) is 1.32. The van der Waals surface area contributed by atoms with Crippen LogP contribution >= 0.6 is 0 Å². The summed E-state index contributed by atoms with van der Waals surface area (Å²) in [7, 11) is 0. The highest BCUT2D eigenvalue weighted by Crippen LogP contribution is 2.37. The van der Waals surface area contributed by atoms with Crippen molar-refractivity contribution in [1.82, 2.24) is 9.55 Å². The molecule has 0 bridgehead atoms. The third kappa shape index (κ3) is 3.85. The van der Waals surface area contributed by atoms with Gasteiger partial charge in [0.05, 0.1) is 6.10 Å². The van der Waals surface area contributed by atoms with Crippen molar-refractivity contribution in [3.8, 4) is 0 Å². The molecule has 2 saturated heterocycles. The summed E-state index contributed by atoms with van der Waals surface area (Å²) < 4.78 is 31.8. The highest BCUT2D eigenvalue weighted by molar-refractivity contribution is 5.63. The summed E-state index contributed by atoms with van der Waals surface area (Å²) in [4.78, 5) is 38.9.